The maximum atomic E-state index is 13.2. The van der Waals surface area contributed by atoms with Gasteiger partial charge in [-0.25, -0.2) is 8.78 Å². The highest BCUT2D eigenvalue weighted by Gasteiger charge is 2.24. The molecule has 1 aromatic carbocycles. The molecule has 1 amide bonds. The average Bonchev–Trinajstić information content (AvgIpc) is 2.48. The number of nitro benzene ring substituents is 1. The highest BCUT2D eigenvalue weighted by Crippen LogP contribution is 2.22. The zero-order valence-electron chi connectivity index (χ0n) is 11.2. The molecule has 2 rings (SSSR count). The first kappa shape index (κ1) is 15.3. The van der Waals surface area contributed by atoms with E-state index in [9.17, 15) is 23.7 Å². The molecule has 0 aliphatic carbocycles. The molecule has 1 aliphatic heterocycles. The normalized spacial score (nSPS) is 18.3. The van der Waals surface area contributed by atoms with Crippen LogP contribution in [0.25, 0.3) is 0 Å². The molecule has 0 spiro atoms. The van der Waals surface area contributed by atoms with E-state index < -0.39 is 33.7 Å². The number of amides is 1. The van der Waals surface area contributed by atoms with Crippen LogP contribution in [0.3, 0.4) is 0 Å². The standard InChI is InChI=1S/C13H15F2N3O3/c14-10-5-9(12(18(20)21)6-11(10)15)13(19)17-7-8-3-1-2-4-16-8/h5-6,8,16H,1-4,7H2,(H,17,19). The molecule has 8 heteroatoms. The van der Waals surface area contributed by atoms with Crippen molar-refractivity contribution >= 4 is 11.6 Å². The van der Waals surface area contributed by atoms with Gasteiger partial charge in [-0.2, -0.15) is 0 Å². The van der Waals surface area contributed by atoms with E-state index in [2.05, 4.69) is 10.6 Å². The molecule has 21 heavy (non-hydrogen) atoms. The van der Waals surface area contributed by atoms with Crippen molar-refractivity contribution in [1.82, 2.24) is 10.6 Å². The summed E-state index contributed by atoms with van der Waals surface area (Å²) in [6, 6.07) is 1.06. The molecule has 0 bridgehead atoms. The van der Waals surface area contributed by atoms with Crippen LogP contribution in [-0.2, 0) is 0 Å². The molecular weight excluding hydrogens is 284 g/mol. The molecule has 114 valence electrons. The number of hydrogen-bond donors (Lipinski definition) is 2. The average molecular weight is 299 g/mol. The van der Waals surface area contributed by atoms with Gasteiger partial charge in [-0.05, 0) is 25.5 Å². The number of piperidine rings is 1. The van der Waals surface area contributed by atoms with Gasteiger partial charge in [-0.1, -0.05) is 6.42 Å². The molecule has 0 saturated carbocycles. The third-order valence-electron chi connectivity index (χ3n) is 3.40. The number of nitrogens with one attached hydrogen (secondary N) is 2. The smallest absolute Gasteiger partial charge is 0.285 e. The first-order chi connectivity index (χ1) is 9.99. The topological polar surface area (TPSA) is 84.3 Å². The Morgan fingerprint density at radius 1 is 1.38 bits per heavy atom. The molecule has 1 heterocycles. The van der Waals surface area contributed by atoms with E-state index in [0.717, 1.165) is 25.8 Å². The summed E-state index contributed by atoms with van der Waals surface area (Å²) < 4.78 is 26.2. The Morgan fingerprint density at radius 3 is 2.71 bits per heavy atom. The maximum Gasteiger partial charge on any atom is 0.285 e. The van der Waals surface area contributed by atoms with E-state index in [-0.39, 0.29) is 12.6 Å². The highest BCUT2D eigenvalue weighted by atomic mass is 19.2. The van der Waals surface area contributed by atoms with Gasteiger partial charge in [0.2, 0.25) is 0 Å². The van der Waals surface area contributed by atoms with Crippen molar-refractivity contribution in [1.29, 1.82) is 0 Å². The van der Waals surface area contributed by atoms with Crippen molar-refractivity contribution in [2.24, 2.45) is 0 Å². The lowest BCUT2D eigenvalue weighted by Crippen LogP contribution is -2.43. The summed E-state index contributed by atoms with van der Waals surface area (Å²) in [5.74, 6) is -3.43. The molecule has 0 aromatic heterocycles. The largest absolute Gasteiger partial charge is 0.350 e. The maximum absolute atomic E-state index is 13.2. The zero-order valence-corrected chi connectivity index (χ0v) is 11.2. The summed E-state index contributed by atoms with van der Waals surface area (Å²) in [5, 5.41) is 16.5. The molecule has 1 unspecified atom stereocenters. The summed E-state index contributed by atoms with van der Waals surface area (Å²) in [4.78, 5) is 21.9. The van der Waals surface area contributed by atoms with Crippen LogP contribution < -0.4 is 10.6 Å². The van der Waals surface area contributed by atoms with Crippen molar-refractivity contribution in [3.8, 4) is 0 Å². The first-order valence-corrected chi connectivity index (χ1v) is 6.64. The molecule has 1 saturated heterocycles. The van der Waals surface area contributed by atoms with Crippen LogP contribution in [0.2, 0.25) is 0 Å². The van der Waals surface area contributed by atoms with Crippen LogP contribution in [0.4, 0.5) is 14.5 Å². The second-order valence-corrected chi connectivity index (χ2v) is 4.90. The Bertz CT molecular complexity index is 560. The van der Waals surface area contributed by atoms with E-state index in [1.54, 1.807) is 0 Å². The lowest BCUT2D eigenvalue weighted by molar-refractivity contribution is -0.385. The minimum atomic E-state index is -1.35. The predicted molar refractivity (Wildman–Crippen MR) is 71.0 cm³/mol. The van der Waals surface area contributed by atoms with E-state index in [0.29, 0.717) is 12.1 Å². The summed E-state index contributed by atoms with van der Waals surface area (Å²) >= 11 is 0. The summed E-state index contributed by atoms with van der Waals surface area (Å²) in [7, 11) is 0. The van der Waals surface area contributed by atoms with Crippen molar-refractivity contribution in [2.75, 3.05) is 13.1 Å². The molecule has 1 aliphatic rings. The van der Waals surface area contributed by atoms with Crippen LogP contribution in [0.1, 0.15) is 29.6 Å². The summed E-state index contributed by atoms with van der Waals surface area (Å²) in [6.45, 7) is 1.14. The Kier molecular flexibility index (Phi) is 4.79. The van der Waals surface area contributed by atoms with Crippen molar-refractivity contribution < 1.29 is 18.5 Å². The second-order valence-electron chi connectivity index (χ2n) is 4.90. The van der Waals surface area contributed by atoms with E-state index in [4.69, 9.17) is 0 Å². The van der Waals surface area contributed by atoms with Gasteiger partial charge in [-0.15, -0.1) is 0 Å². The number of nitrogens with zero attached hydrogens (tertiary/aromatic N) is 1. The fourth-order valence-electron chi connectivity index (χ4n) is 2.28. The summed E-state index contributed by atoms with van der Waals surface area (Å²) in [5.41, 5.74) is -1.22. The SMILES string of the molecule is O=C(NCC1CCCCN1)c1cc(F)c(F)cc1[N+](=O)[O-]. The first-order valence-electron chi connectivity index (χ1n) is 6.64. The third-order valence-corrected chi connectivity index (χ3v) is 3.40. The van der Waals surface area contributed by atoms with Gasteiger partial charge >= 0.3 is 0 Å². The number of rotatable bonds is 4. The van der Waals surface area contributed by atoms with Crippen LogP contribution in [-0.4, -0.2) is 30.0 Å². The Morgan fingerprint density at radius 2 is 2.10 bits per heavy atom. The molecule has 1 fully saturated rings. The van der Waals surface area contributed by atoms with Crippen molar-refractivity contribution in [3.63, 3.8) is 0 Å². The fraction of sp³-hybridized carbons (Fsp3) is 0.462. The minimum absolute atomic E-state index is 0.0899. The fourth-order valence-corrected chi connectivity index (χ4v) is 2.28. The van der Waals surface area contributed by atoms with Gasteiger partial charge in [-0.3, -0.25) is 14.9 Å². The highest BCUT2D eigenvalue weighted by molar-refractivity contribution is 5.98. The molecule has 0 radical (unpaired) electrons. The molecule has 6 nitrogen and oxygen atoms in total. The van der Waals surface area contributed by atoms with E-state index >= 15 is 0 Å². The van der Waals surface area contributed by atoms with Crippen LogP contribution >= 0.6 is 0 Å². The number of carbonyl (C=O) groups is 1. The minimum Gasteiger partial charge on any atom is -0.350 e. The van der Waals surface area contributed by atoms with Crippen LogP contribution in [0.15, 0.2) is 12.1 Å². The number of benzene rings is 1. The second kappa shape index (κ2) is 6.57. The molecule has 1 aromatic rings. The molecule has 1 atom stereocenters. The lowest BCUT2D eigenvalue weighted by atomic mass is 10.0. The zero-order chi connectivity index (χ0) is 15.4. The number of carbonyl (C=O) groups excluding carboxylic acids is 1. The van der Waals surface area contributed by atoms with Gasteiger partial charge < -0.3 is 10.6 Å². The monoisotopic (exact) mass is 299 g/mol. The number of halogens is 2. The number of hydrogen-bond acceptors (Lipinski definition) is 4. The quantitative estimate of drug-likeness (QED) is 0.655. The van der Waals surface area contributed by atoms with Gasteiger partial charge in [0.1, 0.15) is 5.56 Å². The Balaban J connectivity index is 2.10. The Labute approximate surface area is 119 Å². The van der Waals surface area contributed by atoms with Crippen molar-refractivity contribution in [3.05, 3.63) is 39.4 Å². The third kappa shape index (κ3) is 3.72. The van der Waals surface area contributed by atoms with Crippen LogP contribution in [0.5, 0.6) is 0 Å². The number of nitro groups is 1. The van der Waals surface area contributed by atoms with E-state index in [1.165, 1.54) is 0 Å². The van der Waals surface area contributed by atoms with Gasteiger partial charge in [0.05, 0.1) is 11.0 Å². The molecule has 2 N–H and O–H groups in total. The van der Waals surface area contributed by atoms with Gasteiger partial charge in [0, 0.05) is 12.6 Å². The van der Waals surface area contributed by atoms with Gasteiger partial charge in [0.15, 0.2) is 11.6 Å². The predicted octanol–water partition coefficient (Wildman–Crippen LogP) is 1.74. The van der Waals surface area contributed by atoms with E-state index in [1.807, 2.05) is 0 Å². The Hall–Kier alpha value is -2.09. The summed E-state index contributed by atoms with van der Waals surface area (Å²) in [6.07, 6.45) is 3.00. The lowest BCUT2D eigenvalue weighted by Gasteiger charge is -2.23. The van der Waals surface area contributed by atoms with Crippen molar-refractivity contribution in [2.45, 2.75) is 25.3 Å². The molecular formula is C13H15F2N3O3. The van der Waals surface area contributed by atoms with Crippen LogP contribution in [0, 0.1) is 21.7 Å². The van der Waals surface area contributed by atoms with Gasteiger partial charge in [0.25, 0.3) is 11.6 Å².